The van der Waals surface area contributed by atoms with Crippen molar-refractivity contribution in [2.45, 2.75) is 0 Å². The molecular formula is C10H11NO4. The maximum atomic E-state index is 5.04. The number of hydrogen-bond acceptors (Lipinski definition) is 4. The van der Waals surface area contributed by atoms with Gasteiger partial charge in [-0.1, -0.05) is 0 Å². The molecule has 5 heteroatoms. The van der Waals surface area contributed by atoms with E-state index in [1.165, 1.54) is 14.2 Å². The van der Waals surface area contributed by atoms with Crippen LogP contribution in [0.15, 0.2) is 24.4 Å². The molecule has 80 valence electrons. The minimum absolute atomic E-state index is 0.464. The highest BCUT2D eigenvalue weighted by molar-refractivity contribution is 5.88. The second kappa shape index (κ2) is 4.20. The van der Waals surface area contributed by atoms with E-state index >= 15 is 0 Å². The van der Waals surface area contributed by atoms with Crippen LogP contribution in [0.25, 0.3) is 10.9 Å². The lowest BCUT2D eigenvalue weighted by Gasteiger charge is -2.08. The molecule has 5 nitrogen and oxygen atoms in total. The summed E-state index contributed by atoms with van der Waals surface area (Å²) in [5, 5.41) is 0.867. The van der Waals surface area contributed by atoms with Crippen molar-refractivity contribution >= 4 is 10.9 Å². The second-order valence-electron chi connectivity index (χ2n) is 2.83. The van der Waals surface area contributed by atoms with Crippen molar-refractivity contribution in [3.05, 3.63) is 24.4 Å². The van der Waals surface area contributed by atoms with Gasteiger partial charge in [0.1, 0.15) is 0 Å². The van der Waals surface area contributed by atoms with Gasteiger partial charge in [0, 0.05) is 17.1 Å². The molecule has 0 radical (unpaired) electrons. The van der Waals surface area contributed by atoms with Crippen LogP contribution in [0.4, 0.5) is 0 Å². The highest BCUT2D eigenvalue weighted by Crippen LogP contribution is 2.35. The molecule has 0 bridgehead atoms. The molecule has 0 unspecified atom stereocenters. The molecule has 1 aromatic heterocycles. The summed E-state index contributed by atoms with van der Waals surface area (Å²) in [5.74, 6) is 0.949. The molecule has 2 rings (SSSR count). The van der Waals surface area contributed by atoms with E-state index in [9.17, 15) is 0 Å². The fourth-order valence-corrected chi connectivity index (χ4v) is 1.41. The number of benzene rings is 1. The second-order valence-corrected chi connectivity index (χ2v) is 2.83. The third-order valence-electron chi connectivity index (χ3n) is 1.99. The van der Waals surface area contributed by atoms with Crippen molar-refractivity contribution in [1.82, 2.24) is 4.98 Å². The van der Waals surface area contributed by atoms with Crippen LogP contribution in [-0.4, -0.2) is 19.2 Å². The average molecular weight is 209 g/mol. The molecule has 0 atom stereocenters. The van der Waals surface area contributed by atoms with Crippen LogP contribution in [0.3, 0.4) is 0 Å². The summed E-state index contributed by atoms with van der Waals surface area (Å²) in [6.45, 7) is 0. The van der Waals surface area contributed by atoms with Crippen molar-refractivity contribution in [3.8, 4) is 11.5 Å². The third kappa shape index (κ3) is 1.74. The van der Waals surface area contributed by atoms with Crippen LogP contribution in [0.5, 0.6) is 11.5 Å². The smallest absolute Gasteiger partial charge is 0.220 e. The number of fused-ring (bicyclic) bond motifs is 1. The Balaban J connectivity index is 2.53. The molecule has 0 saturated carbocycles. The Bertz CT molecular complexity index is 452. The van der Waals surface area contributed by atoms with E-state index in [2.05, 4.69) is 14.8 Å². The van der Waals surface area contributed by atoms with E-state index in [1.807, 2.05) is 18.3 Å². The molecule has 1 aromatic carbocycles. The van der Waals surface area contributed by atoms with Gasteiger partial charge in [-0.2, -0.15) is 9.78 Å². The molecule has 15 heavy (non-hydrogen) atoms. The van der Waals surface area contributed by atoms with Crippen molar-refractivity contribution in [2.24, 2.45) is 0 Å². The zero-order chi connectivity index (χ0) is 10.7. The Morgan fingerprint density at radius 1 is 1.00 bits per heavy atom. The minimum atomic E-state index is 0.464. The Kier molecular flexibility index (Phi) is 2.75. The van der Waals surface area contributed by atoms with Gasteiger partial charge in [-0.25, -0.2) is 0 Å². The first-order valence-electron chi connectivity index (χ1n) is 4.38. The Hall–Kier alpha value is -1.72. The van der Waals surface area contributed by atoms with E-state index in [4.69, 9.17) is 9.78 Å². The van der Waals surface area contributed by atoms with Crippen LogP contribution in [0.1, 0.15) is 0 Å². The monoisotopic (exact) mass is 209 g/mol. The highest BCUT2D eigenvalue weighted by atomic mass is 17.2. The Labute approximate surface area is 86.4 Å². The maximum Gasteiger partial charge on any atom is 0.220 e. The first-order chi connectivity index (χ1) is 7.36. The summed E-state index contributed by atoms with van der Waals surface area (Å²) in [6, 6.07) is 5.47. The summed E-state index contributed by atoms with van der Waals surface area (Å²) in [5.41, 5.74) is 0.936. The number of aromatic amines is 1. The number of nitrogens with one attached hydrogen (secondary N) is 1. The molecule has 0 aliphatic heterocycles. The molecule has 0 fully saturated rings. The summed E-state index contributed by atoms with van der Waals surface area (Å²) in [4.78, 5) is 22.3. The quantitative estimate of drug-likeness (QED) is 0.618. The van der Waals surface area contributed by atoms with Gasteiger partial charge in [-0.3, -0.25) is 0 Å². The Morgan fingerprint density at radius 2 is 1.80 bits per heavy atom. The van der Waals surface area contributed by atoms with Crippen LogP contribution in [-0.2, 0) is 9.78 Å². The van der Waals surface area contributed by atoms with E-state index in [1.54, 1.807) is 6.07 Å². The summed E-state index contributed by atoms with van der Waals surface area (Å²) < 4.78 is 0. The first kappa shape index (κ1) is 9.82. The predicted octanol–water partition coefficient (Wildman–Crippen LogP) is 2.05. The minimum Gasteiger partial charge on any atom is -0.361 e. The molecule has 2 aromatic rings. The van der Waals surface area contributed by atoms with Gasteiger partial charge < -0.3 is 14.8 Å². The van der Waals surface area contributed by atoms with E-state index < -0.39 is 0 Å². The van der Waals surface area contributed by atoms with Gasteiger partial charge >= 0.3 is 0 Å². The molecular weight excluding hydrogens is 198 g/mol. The van der Waals surface area contributed by atoms with Gasteiger partial charge in [0.15, 0.2) is 0 Å². The van der Waals surface area contributed by atoms with E-state index in [0.29, 0.717) is 11.5 Å². The van der Waals surface area contributed by atoms with Gasteiger partial charge in [0.25, 0.3) is 0 Å². The summed E-state index contributed by atoms with van der Waals surface area (Å²) in [7, 11) is 2.86. The number of hydrogen-bond donors (Lipinski definition) is 1. The zero-order valence-electron chi connectivity index (χ0n) is 8.44. The third-order valence-corrected chi connectivity index (χ3v) is 1.99. The largest absolute Gasteiger partial charge is 0.361 e. The van der Waals surface area contributed by atoms with Gasteiger partial charge in [0.2, 0.25) is 11.5 Å². The van der Waals surface area contributed by atoms with Crippen LogP contribution < -0.4 is 9.78 Å². The normalized spacial score (nSPS) is 10.5. The molecule has 0 spiro atoms. The molecule has 1 heterocycles. The van der Waals surface area contributed by atoms with Crippen molar-refractivity contribution in [1.29, 1.82) is 0 Å². The lowest BCUT2D eigenvalue weighted by Crippen LogP contribution is -1.97. The fourth-order valence-electron chi connectivity index (χ4n) is 1.41. The zero-order valence-corrected chi connectivity index (χ0v) is 8.44. The summed E-state index contributed by atoms with van der Waals surface area (Å²) >= 11 is 0. The first-order valence-corrected chi connectivity index (χ1v) is 4.38. The standard InChI is InChI=1S/C10H11NO4/c1-12-14-9-4-3-8-7(5-6-11-8)10(9)15-13-2/h3-6,11H,1-2H3. The van der Waals surface area contributed by atoms with E-state index in [-0.39, 0.29) is 0 Å². The lowest BCUT2D eigenvalue weighted by molar-refractivity contribution is -0.200. The predicted molar refractivity (Wildman–Crippen MR) is 53.6 cm³/mol. The van der Waals surface area contributed by atoms with E-state index in [0.717, 1.165) is 10.9 Å². The van der Waals surface area contributed by atoms with Crippen LogP contribution in [0.2, 0.25) is 0 Å². The highest BCUT2D eigenvalue weighted by Gasteiger charge is 2.12. The molecule has 0 amide bonds. The number of H-pyrrole nitrogens is 1. The topological polar surface area (TPSA) is 52.7 Å². The van der Waals surface area contributed by atoms with Crippen molar-refractivity contribution in [2.75, 3.05) is 14.2 Å². The lowest BCUT2D eigenvalue weighted by atomic mass is 10.2. The Morgan fingerprint density at radius 3 is 2.53 bits per heavy atom. The van der Waals surface area contributed by atoms with Crippen molar-refractivity contribution in [3.63, 3.8) is 0 Å². The van der Waals surface area contributed by atoms with Gasteiger partial charge in [-0.05, 0) is 18.2 Å². The number of aromatic nitrogens is 1. The number of rotatable bonds is 4. The SMILES string of the molecule is COOc1ccc2[nH]ccc2c1OOC. The van der Waals surface area contributed by atoms with Crippen molar-refractivity contribution < 1.29 is 19.6 Å². The summed E-state index contributed by atoms with van der Waals surface area (Å²) in [6.07, 6.45) is 1.81. The maximum absolute atomic E-state index is 5.04. The van der Waals surface area contributed by atoms with Gasteiger partial charge in [0.05, 0.1) is 14.2 Å². The van der Waals surface area contributed by atoms with Gasteiger partial charge in [-0.15, -0.1) is 0 Å². The fraction of sp³-hybridized carbons (Fsp3) is 0.200. The molecule has 1 N–H and O–H groups in total. The van der Waals surface area contributed by atoms with Crippen LogP contribution >= 0.6 is 0 Å². The van der Waals surface area contributed by atoms with Crippen LogP contribution in [0, 0.1) is 0 Å². The average Bonchev–Trinajstić information content (AvgIpc) is 2.70. The molecule has 0 aliphatic rings. The molecule has 0 aliphatic carbocycles. The molecule has 0 saturated heterocycles.